The van der Waals surface area contributed by atoms with E-state index in [0.717, 1.165) is 73.0 Å². The van der Waals surface area contributed by atoms with E-state index in [1.54, 1.807) is 11.3 Å². The Kier molecular flexibility index (Phi) is 4.62. The first-order chi connectivity index (χ1) is 12.1. The molecule has 134 valence electrons. The third-order valence-electron chi connectivity index (χ3n) is 5.11. The van der Waals surface area contributed by atoms with Crippen LogP contribution in [0.25, 0.3) is 10.2 Å². The first-order valence-electron chi connectivity index (χ1n) is 8.98. The Bertz CT molecular complexity index is 764. The van der Waals surface area contributed by atoms with E-state index < -0.39 is 5.54 Å². The second-order valence-electron chi connectivity index (χ2n) is 6.95. The van der Waals surface area contributed by atoms with Crippen LogP contribution < -0.4 is 16.0 Å². The van der Waals surface area contributed by atoms with E-state index in [1.165, 1.54) is 6.42 Å². The van der Waals surface area contributed by atoms with Gasteiger partial charge in [-0.3, -0.25) is 4.79 Å². The third-order valence-corrected chi connectivity index (χ3v) is 6.19. The molecule has 2 fully saturated rings. The molecule has 1 aliphatic carbocycles. The van der Waals surface area contributed by atoms with E-state index in [-0.39, 0.29) is 5.91 Å². The van der Waals surface area contributed by atoms with E-state index in [2.05, 4.69) is 10.2 Å². The summed E-state index contributed by atoms with van der Waals surface area (Å²) in [5.41, 5.74) is 7.36. The number of rotatable bonds is 3. The number of ether oxygens (including phenoxy) is 1. The largest absolute Gasteiger partial charge is 0.378 e. The monoisotopic (exact) mass is 360 g/mol. The fourth-order valence-electron chi connectivity index (χ4n) is 3.55. The zero-order valence-corrected chi connectivity index (χ0v) is 15.1. The quantitative estimate of drug-likeness (QED) is 0.880. The molecule has 0 radical (unpaired) electrons. The first-order valence-corrected chi connectivity index (χ1v) is 9.79. The summed E-state index contributed by atoms with van der Waals surface area (Å²) < 4.78 is 6.48. The second kappa shape index (κ2) is 6.90. The number of fused-ring (bicyclic) bond motifs is 1. The van der Waals surface area contributed by atoms with Gasteiger partial charge in [-0.15, -0.1) is 0 Å². The van der Waals surface area contributed by atoms with Gasteiger partial charge < -0.3 is 20.7 Å². The van der Waals surface area contributed by atoms with Crippen molar-refractivity contribution >= 4 is 38.3 Å². The van der Waals surface area contributed by atoms with Crippen LogP contribution in [0.3, 0.4) is 0 Å². The number of anilines is 2. The van der Waals surface area contributed by atoms with Crippen molar-refractivity contribution in [2.24, 2.45) is 5.73 Å². The summed E-state index contributed by atoms with van der Waals surface area (Å²) in [5, 5.41) is 4.03. The van der Waals surface area contributed by atoms with Gasteiger partial charge in [0.25, 0.3) is 0 Å². The SMILES string of the molecule is NC1(C(=O)Nc2ccc3nc(N4CCOCC4)sc3c2)CCCCC1. The molecular weight excluding hydrogens is 336 g/mol. The molecule has 2 aromatic rings. The maximum Gasteiger partial charge on any atom is 0.244 e. The van der Waals surface area contributed by atoms with Gasteiger partial charge in [0, 0.05) is 18.8 Å². The minimum absolute atomic E-state index is 0.0653. The number of nitrogens with one attached hydrogen (secondary N) is 1. The summed E-state index contributed by atoms with van der Waals surface area (Å²) in [4.78, 5) is 19.6. The summed E-state index contributed by atoms with van der Waals surface area (Å²) in [6.45, 7) is 3.24. The van der Waals surface area contributed by atoms with Gasteiger partial charge in [0.2, 0.25) is 5.91 Å². The number of hydrogen-bond donors (Lipinski definition) is 2. The van der Waals surface area contributed by atoms with Crippen LogP contribution in [0.2, 0.25) is 0 Å². The molecule has 0 atom stereocenters. The Hall–Kier alpha value is -1.70. The predicted octanol–water partition coefficient (Wildman–Crippen LogP) is 2.73. The van der Waals surface area contributed by atoms with Crippen LogP contribution in [0.5, 0.6) is 0 Å². The highest BCUT2D eigenvalue weighted by Crippen LogP contribution is 2.32. The molecule has 6 nitrogen and oxygen atoms in total. The van der Waals surface area contributed by atoms with Crippen LogP contribution in [-0.4, -0.2) is 42.7 Å². The Labute approximate surface area is 151 Å². The van der Waals surface area contributed by atoms with E-state index in [0.29, 0.717) is 0 Å². The van der Waals surface area contributed by atoms with Crippen molar-refractivity contribution < 1.29 is 9.53 Å². The molecule has 1 aromatic heterocycles. The number of nitrogens with two attached hydrogens (primary N) is 1. The molecule has 25 heavy (non-hydrogen) atoms. The summed E-state index contributed by atoms with van der Waals surface area (Å²) in [5.74, 6) is -0.0653. The lowest BCUT2D eigenvalue weighted by atomic mass is 9.82. The molecule has 2 aliphatic rings. The molecule has 7 heteroatoms. The highest BCUT2D eigenvalue weighted by molar-refractivity contribution is 7.22. The van der Waals surface area contributed by atoms with Gasteiger partial charge in [0.05, 0.1) is 29.0 Å². The Morgan fingerprint density at radius 1 is 1.24 bits per heavy atom. The van der Waals surface area contributed by atoms with Gasteiger partial charge in [0.15, 0.2) is 5.13 Å². The summed E-state index contributed by atoms with van der Waals surface area (Å²) in [6, 6.07) is 5.88. The number of thiazole rings is 1. The number of morpholine rings is 1. The van der Waals surface area contributed by atoms with Gasteiger partial charge in [-0.2, -0.15) is 0 Å². The third kappa shape index (κ3) is 3.49. The molecule has 2 heterocycles. The Morgan fingerprint density at radius 3 is 2.76 bits per heavy atom. The summed E-state index contributed by atoms with van der Waals surface area (Å²) in [7, 11) is 0. The lowest BCUT2D eigenvalue weighted by Gasteiger charge is -2.31. The highest BCUT2D eigenvalue weighted by atomic mass is 32.1. The normalized spacial score (nSPS) is 20.6. The first kappa shape index (κ1) is 16.8. The van der Waals surface area contributed by atoms with Crippen LogP contribution in [0.15, 0.2) is 18.2 Å². The molecule has 0 spiro atoms. The van der Waals surface area contributed by atoms with Gasteiger partial charge >= 0.3 is 0 Å². The average molecular weight is 360 g/mol. The highest BCUT2D eigenvalue weighted by Gasteiger charge is 2.35. The van der Waals surface area contributed by atoms with Gasteiger partial charge in [-0.1, -0.05) is 30.6 Å². The van der Waals surface area contributed by atoms with Crippen LogP contribution >= 0.6 is 11.3 Å². The topological polar surface area (TPSA) is 80.5 Å². The molecule has 1 aromatic carbocycles. The smallest absolute Gasteiger partial charge is 0.244 e. The minimum atomic E-state index is -0.722. The Morgan fingerprint density at radius 2 is 2.00 bits per heavy atom. The number of hydrogen-bond acceptors (Lipinski definition) is 6. The van der Waals surface area contributed by atoms with Crippen LogP contribution in [0.1, 0.15) is 32.1 Å². The van der Waals surface area contributed by atoms with Crippen molar-refractivity contribution in [1.82, 2.24) is 4.98 Å². The average Bonchev–Trinajstić information content (AvgIpc) is 3.06. The van der Waals surface area contributed by atoms with Crippen molar-refractivity contribution in [1.29, 1.82) is 0 Å². The van der Waals surface area contributed by atoms with Crippen LogP contribution in [0.4, 0.5) is 10.8 Å². The predicted molar refractivity (Wildman–Crippen MR) is 101 cm³/mol. The van der Waals surface area contributed by atoms with Gasteiger partial charge in [-0.05, 0) is 31.0 Å². The molecule has 0 bridgehead atoms. The van der Waals surface area contributed by atoms with Crippen molar-refractivity contribution in [2.45, 2.75) is 37.6 Å². The molecule has 1 saturated heterocycles. The molecular formula is C18H24N4O2S. The number of benzene rings is 1. The van der Waals surface area contributed by atoms with E-state index >= 15 is 0 Å². The molecule has 1 amide bonds. The number of nitrogens with zero attached hydrogens (tertiary/aromatic N) is 2. The zero-order valence-electron chi connectivity index (χ0n) is 14.3. The van der Waals surface area contributed by atoms with Crippen molar-refractivity contribution in [3.63, 3.8) is 0 Å². The Balaban J connectivity index is 1.51. The van der Waals surface area contributed by atoms with Crippen molar-refractivity contribution in [3.05, 3.63) is 18.2 Å². The van der Waals surface area contributed by atoms with Crippen molar-refractivity contribution in [3.8, 4) is 0 Å². The number of amides is 1. The zero-order chi connectivity index (χ0) is 17.3. The van der Waals surface area contributed by atoms with Gasteiger partial charge in [-0.25, -0.2) is 4.98 Å². The molecule has 1 aliphatic heterocycles. The fraction of sp³-hybridized carbons (Fsp3) is 0.556. The number of aromatic nitrogens is 1. The maximum absolute atomic E-state index is 12.6. The molecule has 4 rings (SSSR count). The van der Waals surface area contributed by atoms with Crippen molar-refractivity contribution in [2.75, 3.05) is 36.5 Å². The summed E-state index contributed by atoms with van der Waals surface area (Å²) in [6.07, 6.45) is 4.76. The number of carbonyl (C=O) groups excluding carboxylic acids is 1. The van der Waals surface area contributed by atoms with E-state index in [9.17, 15) is 4.79 Å². The second-order valence-corrected chi connectivity index (χ2v) is 7.96. The molecule has 1 saturated carbocycles. The lowest BCUT2D eigenvalue weighted by molar-refractivity contribution is -0.122. The fourth-order valence-corrected chi connectivity index (χ4v) is 4.60. The summed E-state index contributed by atoms with van der Waals surface area (Å²) >= 11 is 1.66. The van der Waals surface area contributed by atoms with Gasteiger partial charge in [0.1, 0.15) is 0 Å². The van der Waals surface area contributed by atoms with Crippen LogP contribution in [0, 0.1) is 0 Å². The number of carbonyl (C=O) groups is 1. The van der Waals surface area contributed by atoms with Crippen LogP contribution in [-0.2, 0) is 9.53 Å². The maximum atomic E-state index is 12.6. The minimum Gasteiger partial charge on any atom is -0.378 e. The van der Waals surface area contributed by atoms with E-state index in [1.807, 2.05) is 18.2 Å². The van der Waals surface area contributed by atoms with E-state index in [4.69, 9.17) is 15.5 Å². The standard InChI is InChI=1S/C18H24N4O2S/c19-18(6-2-1-3-7-18)16(23)20-13-4-5-14-15(12-13)25-17(21-14)22-8-10-24-11-9-22/h4-5,12H,1-3,6-11,19H2,(H,20,23). The molecule has 0 unspecified atom stereocenters. The molecule has 3 N–H and O–H groups in total. The lowest BCUT2D eigenvalue weighted by Crippen LogP contribution is -2.52.